The van der Waals surface area contributed by atoms with Gasteiger partial charge in [-0.3, -0.25) is 4.79 Å². The predicted molar refractivity (Wildman–Crippen MR) is 94.7 cm³/mol. The van der Waals surface area contributed by atoms with Gasteiger partial charge >= 0.3 is 0 Å². The van der Waals surface area contributed by atoms with E-state index < -0.39 is 0 Å². The van der Waals surface area contributed by atoms with E-state index in [0.29, 0.717) is 12.8 Å². The van der Waals surface area contributed by atoms with Gasteiger partial charge in [-0.1, -0.05) is 18.9 Å². The second kappa shape index (κ2) is 8.62. The van der Waals surface area contributed by atoms with Crippen LogP contribution in [0.3, 0.4) is 0 Å². The zero-order valence-corrected chi connectivity index (χ0v) is 14.2. The summed E-state index contributed by atoms with van der Waals surface area (Å²) in [5.74, 6) is 0.537. The third-order valence-electron chi connectivity index (χ3n) is 3.61. The Bertz CT molecular complexity index is 669. The summed E-state index contributed by atoms with van der Waals surface area (Å²) in [5, 5.41) is 3.58. The van der Waals surface area contributed by atoms with E-state index in [1.165, 1.54) is 0 Å². The number of fused-ring (bicyclic) bond motifs is 1. The maximum absolute atomic E-state index is 12.2. The predicted octanol–water partition coefficient (Wildman–Crippen LogP) is 3.71. The molecular weight excluding hydrogens is 312 g/mol. The Balaban J connectivity index is 2.31. The summed E-state index contributed by atoms with van der Waals surface area (Å²) < 4.78 is 8.88. The van der Waals surface area contributed by atoms with E-state index in [1.807, 2.05) is 18.2 Å². The third kappa shape index (κ3) is 4.28. The number of aldehydes is 1. The van der Waals surface area contributed by atoms with Gasteiger partial charge in [0, 0.05) is 35.9 Å². The van der Waals surface area contributed by atoms with Crippen molar-refractivity contribution in [3.8, 4) is 0 Å². The molecule has 0 aliphatic carbocycles. The van der Waals surface area contributed by atoms with Crippen molar-refractivity contribution in [1.29, 1.82) is 0 Å². The van der Waals surface area contributed by atoms with Crippen LogP contribution in [-0.4, -0.2) is 25.0 Å². The normalized spacial score (nSPS) is 12.1. The highest BCUT2D eigenvalue weighted by molar-refractivity contribution is 8.00. The first kappa shape index (κ1) is 17.4. The van der Waals surface area contributed by atoms with Gasteiger partial charge in [-0.25, -0.2) is 0 Å². The highest BCUT2D eigenvalue weighted by Gasteiger charge is 2.23. The fourth-order valence-corrected chi connectivity index (χ4v) is 3.06. The van der Waals surface area contributed by atoms with Gasteiger partial charge in [0.15, 0.2) is 0 Å². The minimum atomic E-state index is -0.384. The molecule has 0 aliphatic rings. The van der Waals surface area contributed by atoms with Gasteiger partial charge in [0.05, 0.1) is 12.2 Å². The summed E-state index contributed by atoms with van der Waals surface area (Å²) in [5.41, 5.74) is 2.54. The molecule has 1 unspecified atom stereocenters. The van der Waals surface area contributed by atoms with Crippen molar-refractivity contribution in [2.45, 2.75) is 32.1 Å². The molecule has 1 aromatic heterocycles. The first-order chi connectivity index (χ1) is 11.2. The van der Waals surface area contributed by atoms with Crippen LogP contribution in [0.2, 0.25) is 0 Å². The van der Waals surface area contributed by atoms with Gasteiger partial charge in [-0.2, -0.15) is 0 Å². The van der Waals surface area contributed by atoms with Crippen LogP contribution in [0.1, 0.15) is 37.7 Å². The van der Waals surface area contributed by atoms with Gasteiger partial charge in [0.25, 0.3) is 0 Å². The van der Waals surface area contributed by atoms with Crippen LogP contribution in [0.25, 0.3) is 11.0 Å². The molecule has 0 saturated heterocycles. The standard InChI is InChI=1S/C17H22N2O3S/c1-3-9-23-19-12-6-7-16-14(10-12)15(11-22-16)13(5-4-8-20)17(21)18-2/h6-8,10-11,13,19H,3-5,9H2,1-2H3,(H,18,21). The van der Waals surface area contributed by atoms with Gasteiger partial charge in [-0.15, -0.1) is 0 Å². The fourth-order valence-electron chi connectivity index (χ4n) is 2.46. The molecule has 0 bridgehead atoms. The van der Waals surface area contributed by atoms with E-state index in [2.05, 4.69) is 17.0 Å². The molecule has 124 valence electrons. The largest absolute Gasteiger partial charge is 0.464 e. The summed E-state index contributed by atoms with van der Waals surface area (Å²) in [6.07, 6.45) is 4.38. The molecule has 5 nitrogen and oxygen atoms in total. The molecule has 0 aliphatic heterocycles. The van der Waals surface area contributed by atoms with Crippen molar-refractivity contribution >= 4 is 40.8 Å². The summed E-state index contributed by atoms with van der Waals surface area (Å²) in [4.78, 5) is 22.9. The number of carbonyl (C=O) groups excluding carboxylic acids is 2. The quantitative estimate of drug-likeness (QED) is 0.415. The smallest absolute Gasteiger partial charge is 0.227 e. The Morgan fingerprint density at radius 1 is 1.43 bits per heavy atom. The number of amides is 1. The monoisotopic (exact) mass is 334 g/mol. The number of benzene rings is 1. The Kier molecular flexibility index (Phi) is 6.52. The highest BCUT2D eigenvalue weighted by Crippen LogP contribution is 2.33. The van der Waals surface area contributed by atoms with E-state index in [0.717, 1.165) is 40.7 Å². The maximum Gasteiger partial charge on any atom is 0.227 e. The van der Waals surface area contributed by atoms with Crippen LogP contribution in [0.4, 0.5) is 5.69 Å². The highest BCUT2D eigenvalue weighted by atomic mass is 32.2. The number of hydrogen-bond acceptors (Lipinski definition) is 5. The van der Waals surface area contributed by atoms with Gasteiger partial charge < -0.3 is 19.3 Å². The van der Waals surface area contributed by atoms with Crippen molar-refractivity contribution in [2.75, 3.05) is 17.5 Å². The van der Waals surface area contributed by atoms with Crippen LogP contribution in [0, 0.1) is 0 Å². The number of nitrogens with one attached hydrogen (secondary N) is 2. The molecule has 0 spiro atoms. The fraction of sp³-hybridized carbons (Fsp3) is 0.412. The molecule has 1 heterocycles. The average Bonchev–Trinajstić information content (AvgIpc) is 2.98. The van der Waals surface area contributed by atoms with Crippen molar-refractivity contribution < 1.29 is 14.0 Å². The van der Waals surface area contributed by atoms with Crippen LogP contribution in [-0.2, 0) is 9.59 Å². The number of rotatable bonds is 9. The van der Waals surface area contributed by atoms with Gasteiger partial charge in [0.2, 0.25) is 5.91 Å². The van der Waals surface area contributed by atoms with Crippen molar-refractivity contribution in [1.82, 2.24) is 5.32 Å². The Labute approximate surface area is 140 Å². The Morgan fingerprint density at radius 3 is 2.96 bits per heavy atom. The third-order valence-corrected chi connectivity index (χ3v) is 4.60. The molecule has 6 heteroatoms. The molecule has 1 atom stereocenters. The number of carbonyl (C=O) groups is 2. The lowest BCUT2D eigenvalue weighted by molar-refractivity contribution is -0.122. The zero-order chi connectivity index (χ0) is 16.7. The molecule has 2 N–H and O–H groups in total. The molecule has 2 aromatic rings. The number of likely N-dealkylation sites (N-methyl/N-ethyl adjacent to an activating group) is 1. The van der Waals surface area contributed by atoms with Crippen molar-refractivity contribution in [3.63, 3.8) is 0 Å². The molecule has 23 heavy (non-hydrogen) atoms. The summed E-state index contributed by atoms with van der Waals surface area (Å²) in [7, 11) is 1.60. The second-order valence-corrected chi connectivity index (χ2v) is 6.16. The van der Waals surface area contributed by atoms with E-state index in [1.54, 1.807) is 25.3 Å². The van der Waals surface area contributed by atoms with Crippen molar-refractivity contribution in [2.24, 2.45) is 0 Å². The van der Waals surface area contributed by atoms with E-state index >= 15 is 0 Å². The first-order valence-corrected chi connectivity index (χ1v) is 8.74. The van der Waals surface area contributed by atoms with Gasteiger partial charge in [0.1, 0.15) is 11.9 Å². The summed E-state index contributed by atoms with van der Waals surface area (Å²) >= 11 is 1.65. The van der Waals surface area contributed by atoms with E-state index in [9.17, 15) is 9.59 Å². The van der Waals surface area contributed by atoms with Crippen molar-refractivity contribution in [3.05, 3.63) is 30.0 Å². The van der Waals surface area contributed by atoms with E-state index in [4.69, 9.17) is 4.42 Å². The summed E-state index contributed by atoms with van der Waals surface area (Å²) in [6.45, 7) is 2.13. The average molecular weight is 334 g/mol. The lowest BCUT2D eigenvalue weighted by Gasteiger charge is -2.13. The van der Waals surface area contributed by atoms with Crippen LogP contribution in [0.15, 0.2) is 28.9 Å². The van der Waals surface area contributed by atoms with E-state index in [-0.39, 0.29) is 11.8 Å². The van der Waals surface area contributed by atoms with Gasteiger partial charge in [-0.05, 0) is 31.0 Å². The van der Waals surface area contributed by atoms with Crippen LogP contribution in [0.5, 0.6) is 0 Å². The maximum atomic E-state index is 12.2. The minimum Gasteiger partial charge on any atom is -0.464 e. The zero-order valence-electron chi connectivity index (χ0n) is 13.4. The molecule has 1 aromatic carbocycles. The molecule has 2 rings (SSSR count). The number of furan rings is 1. The molecule has 0 radical (unpaired) electrons. The van der Waals surface area contributed by atoms with Crippen LogP contribution >= 0.6 is 11.9 Å². The number of hydrogen-bond donors (Lipinski definition) is 2. The Morgan fingerprint density at radius 2 is 2.26 bits per heavy atom. The minimum absolute atomic E-state index is 0.103. The Hall–Kier alpha value is -1.95. The lowest BCUT2D eigenvalue weighted by Crippen LogP contribution is -2.25. The topological polar surface area (TPSA) is 71.3 Å². The van der Waals surface area contributed by atoms with Crippen LogP contribution < -0.4 is 10.0 Å². The molecule has 0 saturated carbocycles. The molecular formula is C17H22N2O3S. The second-order valence-electron chi connectivity index (χ2n) is 5.26. The first-order valence-electron chi connectivity index (χ1n) is 7.75. The molecule has 1 amide bonds. The number of anilines is 1. The lowest BCUT2D eigenvalue weighted by atomic mass is 9.93. The molecule has 0 fully saturated rings. The SMILES string of the molecule is CCCSNc1ccc2occ(C(CCC=O)C(=O)NC)c2c1. The summed E-state index contributed by atoms with van der Waals surface area (Å²) in [6, 6.07) is 5.85.